The molecule has 2 saturated heterocycles. The zero-order chi connectivity index (χ0) is 24.4. The van der Waals surface area contributed by atoms with Crippen molar-refractivity contribution in [2.24, 2.45) is 0 Å². The number of carbonyl (C=O) groups excluding carboxylic acids is 1. The van der Waals surface area contributed by atoms with Crippen LogP contribution in [0.4, 0.5) is 17.6 Å². The van der Waals surface area contributed by atoms with E-state index in [2.05, 4.69) is 43.8 Å². The van der Waals surface area contributed by atoms with Crippen LogP contribution < -0.4 is 15.5 Å². The monoisotopic (exact) mass is 480 g/mol. The molecule has 3 atom stereocenters. The first kappa shape index (κ1) is 23.6. The molecule has 35 heavy (non-hydrogen) atoms. The third kappa shape index (κ3) is 5.27. The molecule has 0 aliphatic carbocycles. The molecular weight excluding hydrogens is 444 g/mol. The van der Waals surface area contributed by atoms with Crippen molar-refractivity contribution in [2.45, 2.75) is 70.5 Å². The van der Waals surface area contributed by atoms with Gasteiger partial charge >= 0.3 is 0 Å². The van der Waals surface area contributed by atoms with Crippen LogP contribution >= 0.6 is 0 Å². The van der Waals surface area contributed by atoms with Crippen molar-refractivity contribution in [3.05, 3.63) is 29.6 Å². The van der Waals surface area contributed by atoms with E-state index in [0.29, 0.717) is 49.6 Å². The van der Waals surface area contributed by atoms with Gasteiger partial charge in [-0.1, -0.05) is 6.42 Å². The van der Waals surface area contributed by atoms with Crippen LogP contribution in [0, 0.1) is 6.92 Å². The average molecular weight is 481 g/mol. The van der Waals surface area contributed by atoms with Crippen LogP contribution in [0.1, 0.15) is 56.8 Å². The van der Waals surface area contributed by atoms with Gasteiger partial charge in [0.1, 0.15) is 17.3 Å². The normalized spacial score (nSPS) is 24.0. The molecule has 188 valence electrons. The fourth-order valence-corrected chi connectivity index (χ4v) is 5.60. The Morgan fingerprint density at radius 1 is 1.23 bits per heavy atom. The maximum Gasteiger partial charge on any atom is 0.234 e. The maximum absolute atomic E-state index is 12.3. The van der Waals surface area contributed by atoms with Crippen molar-refractivity contribution >= 4 is 29.3 Å². The maximum atomic E-state index is 12.3. The second-order valence-electron chi connectivity index (χ2n) is 9.81. The summed E-state index contributed by atoms with van der Waals surface area (Å²) < 4.78 is 5.82. The van der Waals surface area contributed by atoms with E-state index in [-0.39, 0.29) is 5.91 Å². The van der Waals surface area contributed by atoms with E-state index in [1.807, 2.05) is 26.0 Å². The number of piperidine rings is 2. The highest BCUT2D eigenvalue weighted by Crippen LogP contribution is 2.37. The van der Waals surface area contributed by atoms with Gasteiger partial charge in [0.05, 0.1) is 13.2 Å². The molecule has 1 amide bonds. The summed E-state index contributed by atoms with van der Waals surface area (Å²) in [4.78, 5) is 26.7. The summed E-state index contributed by atoms with van der Waals surface area (Å²) in [6.45, 7) is 5.79. The SMILES string of the molecule is CCNC(=O)CN1[C@@H]2CCC[C@H]1CC(N(C)c1nc(Nc3cc(C)[nH]n3)cc(C3=CCCO3)n1)C2. The van der Waals surface area contributed by atoms with Gasteiger partial charge in [-0.25, -0.2) is 4.98 Å². The van der Waals surface area contributed by atoms with Gasteiger partial charge in [0.2, 0.25) is 11.9 Å². The lowest BCUT2D eigenvalue weighted by Gasteiger charge is -2.50. The predicted molar refractivity (Wildman–Crippen MR) is 135 cm³/mol. The zero-order valence-electron chi connectivity index (χ0n) is 20.9. The summed E-state index contributed by atoms with van der Waals surface area (Å²) in [7, 11) is 2.09. The Kier molecular flexibility index (Phi) is 6.90. The molecular formula is C25H36N8O2. The summed E-state index contributed by atoms with van der Waals surface area (Å²) in [6.07, 6.45) is 8.46. The molecule has 1 unspecified atom stereocenters. The molecule has 10 heteroatoms. The lowest BCUT2D eigenvalue weighted by Crippen LogP contribution is -2.58. The Morgan fingerprint density at radius 2 is 2.03 bits per heavy atom. The topological polar surface area (TPSA) is 111 Å². The number of aromatic nitrogens is 4. The minimum atomic E-state index is 0.126. The lowest BCUT2D eigenvalue weighted by molar-refractivity contribution is -0.125. The number of aromatic amines is 1. The summed E-state index contributed by atoms with van der Waals surface area (Å²) >= 11 is 0. The van der Waals surface area contributed by atoms with Crippen molar-refractivity contribution in [3.63, 3.8) is 0 Å². The zero-order valence-corrected chi connectivity index (χ0v) is 20.9. The number of nitrogens with one attached hydrogen (secondary N) is 3. The van der Waals surface area contributed by atoms with E-state index < -0.39 is 0 Å². The highest BCUT2D eigenvalue weighted by Gasteiger charge is 2.40. The number of hydrogen-bond donors (Lipinski definition) is 3. The fourth-order valence-electron chi connectivity index (χ4n) is 5.60. The Labute approximate surface area is 206 Å². The minimum Gasteiger partial charge on any atom is -0.491 e. The number of fused-ring (bicyclic) bond motifs is 2. The number of nitrogens with zero attached hydrogens (tertiary/aromatic N) is 5. The second kappa shape index (κ2) is 10.2. The van der Waals surface area contributed by atoms with E-state index in [0.717, 1.165) is 55.1 Å². The van der Waals surface area contributed by atoms with Gasteiger partial charge in [-0.05, 0) is 45.6 Å². The van der Waals surface area contributed by atoms with Gasteiger partial charge in [0.25, 0.3) is 0 Å². The molecule has 5 heterocycles. The molecule has 2 bridgehead atoms. The van der Waals surface area contributed by atoms with Gasteiger partial charge in [-0.2, -0.15) is 10.1 Å². The molecule has 3 N–H and O–H groups in total. The second-order valence-corrected chi connectivity index (χ2v) is 9.81. The van der Waals surface area contributed by atoms with Crippen LogP contribution in [-0.2, 0) is 9.53 Å². The predicted octanol–water partition coefficient (Wildman–Crippen LogP) is 2.97. The number of amides is 1. The number of aryl methyl sites for hydroxylation is 1. The molecule has 2 fully saturated rings. The van der Waals surface area contributed by atoms with Crippen LogP contribution in [0.2, 0.25) is 0 Å². The van der Waals surface area contributed by atoms with Crippen LogP contribution in [0.25, 0.3) is 5.76 Å². The summed E-state index contributed by atoms with van der Waals surface area (Å²) in [5, 5.41) is 13.5. The first-order valence-electron chi connectivity index (χ1n) is 12.8. The number of likely N-dealkylation sites (N-methyl/N-ethyl adjacent to an activating group) is 1. The number of ether oxygens (including phenoxy) is 1. The molecule has 0 saturated carbocycles. The van der Waals surface area contributed by atoms with Crippen LogP contribution in [0.5, 0.6) is 0 Å². The third-order valence-corrected chi connectivity index (χ3v) is 7.30. The van der Waals surface area contributed by atoms with Crippen LogP contribution in [0.3, 0.4) is 0 Å². The Morgan fingerprint density at radius 3 is 2.69 bits per heavy atom. The molecule has 3 aliphatic heterocycles. The number of anilines is 3. The van der Waals surface area contributed by atoms with Crippen molar-refractivity contribution in [2.75, 3.05) is 37.0 Å². The molecule has 2 aromatic rings. The van der Waals surface area contributed by atoms with Gasteiger partial charge in [0, 0.05) is 56.0 Å². The molecule has 3 aliphatic rings. The average Bonchev–Trinajstić information content (AvgIpc) is 3.50. The van der Waals surface area contributed by atoms with Crippen LogP contribution in [0.15, 0.2) is 18.2 Å². The van der Waals surface area contributed by atoms with Gasteiger partial charge in [0.15, 0.2) is 5.82 Å². The first-order valence-corrected chi connectivity index (χ1v) is 12.8. The molecule has 5 rings (SSSR count). The van der Waals surface area contributed by atoms with E-state index in [4.69, 9.17) is 14.7 Å². The van der Waals surface area contributed by atoms with Crippen molar-refractivity contribution < 1.29 is 9.53 Å². The van der Waals surface area contributed by atoms with E-state index >= 15 is 0 Å². The van der Waals surface area contributed by atoms with Gasteiger partial charge < -0.3 is 20.3 Å². The standard InChI is InChI=1S/C25H36N8O2/c1-4-26-24(34)15-33-17-7-5-8-18(33)13-19(12-17)32(3)25-27-20(21-9-6-10-35-21)14-22(29-25)28-23-11-16(2)30-31-23/h9,11,14,17-19H,4-8,10,12-13,15H2,1-3H3,(H,26,34)(H2,27,28,29,30,31)/t17-,18+,19?. The number of H-pyrrole nitrogens is 1. The number of hydrogen-bond acceptors (Lipinski definition) is 8. The highest BCUT2D eigenvalue weighted by atomic mass is 16.5. The van der Waals surface area contributed by atoms with Gasteiger partial charge in [-0.15, -0.1) is 0 Å². The molecule has 2 aromatic heterocycles. The van der Waals surface area contributed by atoms with E-state index in [1.165, 1.54) is 6.42 Å². The molecule has 0 aromatic carbocycles. The largest absolute Gasteiger partial charge is 0.491 e. The van der Waals surface area contributed by atoms with Crippen molar-refractivity contribution in [3.8, 4) is 0 Å². The Hall–Kier alpha value is -3.14. The smallest absolute Gasteiger partial charge is 0.234 e. The minimum absolute atomic E-state index is 0.126. The quantitative estimate of drug-likeness (QED) is 0.529. The Bertz CT molecular complexity index is 1070. The summed E-state index contributed by atoms with van der Waals surface area (Å²) in [5.41, 5.74) is 1.76. The lowest BCUT2D eigenvalue weighted by atomic mass is 9.81. The summed E-state index contributed by atoms with van der Waals surface area (Å²) in [5.74, 6) is 3.01. The molecule has 0 radical (unpaired) electrons. The molecule has 0 spiro atoms. The van der Waals surface area contributed by atoms with Crippen molar-refractivity contribution in [1.82, 2.24) is 30.4 Å². The number of rotatable bonds is 8. The summed E-state index contributed by atoms with van der Waals surface area (Å²) in [6, 6.07) is 4.99. The molecule has 10 nitrogen and oxygen atoms in total. The van der Waals surface area contributed by atoms with E-state index in [9.17, 15) is 4.79 Å². The Balaban J connectivity index is 1.37. The highest BCUT2D eigenvalue weighted by molar-refractivity contribution is 5.78. The fraction of sp³-hybridized carbons (Fsp3) is 0.600. The van der Waals surface area contributed by atoms with Gasteiger partial charge in [-0.3, -0.25) is 14.8 Å². The third-order valence-electron chi connectivity index (χ3n) is 7.30. The van der Waals surface area contributed by atoms with Crippen LogP contribution in [-0.4, -0.2) is 75.8 Å². The first-order chi connectivity index (χ1) is 17.0. The van der Waals surface area contributed by atoms with Crippen molar-refractivity contribution in [1.29, 1.82) is 0 Å². The van der Waals surface area contributed by atoms with E-state index in [1.54, 1.807) is 0 Å². The number of carbonyl (C=O) groups is 1.